The molecule has 0 radical (unpaired) electrons. The molecule has 2 bridgehead atoms. The summed E-state index contributed by atoms with van der Waals surface area (Å²) in [6.45, 7) is 0.691. The van der Waals surface area contributed by atoms with Crippen LogP contribution in [0.25, 0.3) is 0 Å². The predicted octanol–water partition coefficient (Wildman–Crippen LogP) is 4.09. The molecule has 3 nitrogen and oxygen atoms in total. The van der Waals surface area contributed by atoms with Crippen LogP contribution in [0.1, 0.15) is 23.2 Å². The van der Waals surface area contributed by atoms with E-state index in [-0.39, 0.29) is 0 Å². The summed E-state index contributed by atoms with van der Waals surface area (Å²) in [7, 11) is 0. The second kappa shape index (κ2) is 3.84. The molecule has 2 aromatic rings. The zero-order chi connectivity index (χ0) is 13.1. The summed E-state index contributed by atoms with van der Waals surface area (Å²) in [5.41, 5.74) is 4.00. The van der Waals surface area contributed by atoms with Crippen molar-refractivity contribution >= 4 is 34.7 Å². The average molecular weight is 295 g/mol. The van der Waals surface area contributed by atoms with Crippen LogP contribution >= 0.6 is 23.2 Å². The van der Waals surface area contributed by atoms with E-state index in [0.717, 1.165) is 47.6 Å². The van der Waals surface area contributed by atoms with Crippen LogP contribution in [0.2, 0.25) is 10.0 Å². The Bertz CT molecular complexity index is 706. The summed E-state index contributed by atoms with van der Waals surface area (Å²) >= 11 is 12.3. The van der Waals surface area contributed by atoms with Crippen LogP contribution in [0, 0.1) is 0 Å². The van der Waals surface area contributed by atoms with Gasteiger partial charge in [-0.15, -0.1) is 0 Å². The van der Waals surface area contributed by atoms with Gasteiger partial charge in [0.05, 0.1) is 12.2 Å². The molecule has 19 heavy (non-hydrogen) atoms. The largest absolute Gasteiger partial charge is 0.506 e. The molecule has 0 saturated heterocycles. The first-order chi connectivity index (χ1) is 9.15. The van der Waals surface area contributed by atoms with Crippen LogP contribution in [0.15, 0.2) is 12.1 Å². The van der Waals surface area contributed by atoms with Crippen molar-refractivity contribution in [2.24, 2.45) is 0 Å². The molecule has 2 heterocycles. The maximum absolute atomic E-state index is 10.2. The van der Waals surface area contributed by atoms with Gasteiger partial charge in [0, 0.05) is 26.9 Å². The first-order valence-corrected chi connectivity index (χ1v) is 7.09. The second-order valence-corrected chi connectivity index (χ2v) is 5.94. The Morgan fingerprint density at radius 1 is 1.16 bits per heavy atom. The molecule has 0 fully saturated rings. The Hall–Kier alpha value is -1.32. The number of hydrogen-bond acceptors (Lipinski definition) is 2. The van der Waals surface area contributed by atoms with Crippen molar-refractivity contribution in [3.63, 3.8) is 0 Å². The molecular formula is C14H12Cl2N2O. The van der Waals surface area contributed by atoms with E-state index in [9.17, 15) is 5.11 Å². The lowest BCUT2D eigenvalue weighted by Gasteiger charge is -2.23. The van der Waals surface area contributed by atoms with E-state index in [4.69, 9.17) is 23.2 Å². The number of aromatic hydroxyl groups is 1. The van der Waals surface area contributed by atoms with Gasteiger partial charge in [-0.3, -0.25) is 0 Å². The Balaban J connectivity index is 1.93. The van der Waals surface area contributed by atoms with Crippen molar-refractivity contribution in [1.82, 2.24) is 4.57 Å². The lowest BCUT2D eigenvalue weighted by molar-refractivity contribution is 0.449. The van der Waals surface area contributed by atoms with Gasteiger partial charge < -0.3 is 15.0 Å². The first-order valence-electron chi connectivity index (χ1n) is 6.33. The Morgan fingerprint density at radius 2 is 2.00 bits per heavy atom. The van der Waals surface area contributed by atoms with Crippen LogP contribution in [-0.4, -0.2) is 9.67 Å². The van der Waals surface area contributed by atoms with Crippen molar-refractivity contribution in [3.8, 4) is 5.75 Å². The van der Waals surface area contributed by atoms with Crippen LogP contribution < -0.4 is 5.32 Å². The van der Waals surface area contributed by atoms with Crippen molar-refractivity contribution in [2.45, 2.75) is 25.8 Å². The molecule has 0 spiro atoms. The van der Waals surface area contributed by atoms with Crippen molar-refractivity contribution in [1.29, 1.82) is 0 Å². The third-order valence-electron chi connectivity index (χ3n) is 4.01. The zero-order valence-electron chi connectivity index (χ0n) is 10.1. The number of aromatic nitrogens is 1. The van der Waals surface area contributed by atoms with Gasteiger partial charge in [0.2, 0.25) is 0 Å². The molecule has 98 valence electrons. The summed E-state index contributed by atoms with van der Waals surface area (Å²) < 4.78 is 2.14. The van der Waals surface area contributed by atoms with E-state index < -0.39 is 0 Å². The highest BCUT2D eigenvalue weighted by molar-refractivity contribution is 6.35. The fourth-order valence-electron chi connectivity index (χ4n) is 3.11. The highest BCUT2D eigenvalue weighted by Gasteiger charge is 2.30. The molecule has 1 aromatic heterocycles. The zero-order valence-corrected chi connectivity index (χ0v) is 11.6. The minimum atomic E-state index is 0.448. The Labute approximate surface area is 120 Å². The topological polar surface area (TPSA) is 37.2 Å². The standard InChI is InChI=1S/C14H12Cl2N2O/c15-7-4-10(16)9-6-18-12-3-1-2-8(13(12)19)14(18)17-11(9)5-7/h4-5,17,19H,1-3,6H2. The van der Waals surface area contributed by atoms with Gasteiger partial charge >= 0.3 is 0 Å². The number of anilines is 2. The lowest BCUT2D eigenvalue weighted by Crippen LogP contribution is -2.15. The van der Waals surface area contributed by atoms with Crippen LogP contribution in [0.4, 0.5) is 11.5 Å². The summed E-state index contributed by atoms with van der Waals surface area (Å²) in [5.74, 6) is 1.44. The third kappa shape index (κ3) is 1.52. The third-order valence-corrected chi connectivity index (χ3v) is 4.57. The summed E-state index contributed by atoms with van der Waals surface area (Å²) in [6.07, 6.45) is 2.92. The van der Waals surface area contributed by atoms with E-state index in [1.165, 1.54) is 0 Å². The van der Waals surface area contributed by atoms with E-state index >= 15 is 0 Å². The first kappa shape index (κ1) is 11.5. The van der Waals surface area contributed by atoms with E-state index in [2.05, 4.69) is 9.88 Å². The number of hydrogen-bond donors (Lipinski definition) is 2. The number of benzene rings is 1. The monoisotopic (exact) mass is 294 g/mol. The van der Waals surface area contributed by atoms with Crippen molar-refractivity contribution in [2.75, 3.05) is 5.32 Å². The number of fused-ring (bicyclic) bond motifs is 6. The minimum absolute atomic E-state index is 0.448. The fourth-order valence-corrected chi connectivity index (χ4v) is 3.67. The van der Waals surface area contributed by atoms with Gasteiger partial charge in [0.25, 0.3) is 0 Å². The van der Waals surface area contributed by atoms with Gasteiger partial charge in [0.1, 0.15) is 11.6 Å². The fraction of sp³-hybridized carbons (Fsp3) is 0.286. The van der Waals surface area contributed by atoms with Gasteiger partial charge in [0.15, 0.2) is 0 Å². The number of halogens is 2. The average Bonchev–Trinajstić information content (AvgIpc) is 2.54. The highest BCUT2D eigenvalue weighted by Crippen LogP contribution is 2.45. The normalized spacial score (nSPS) is 15.7. The molecule has 1 aromatic carbocycles. The van der Waals surface area contributed by atoms with E-state index in [0.29, 0.717) is 22.3 Å². The maximum Gasteiger partial charge on any atom is 0.141 e. The van der Waals surface area contributed by atoms with Crippen molar-refractivity contribution < 1.29 is 5.11 Å². The molecule has 0 unspecified atom stereocenters. The summed E-state index contributed by atoms with van der Waals surface area (Å²) in [6, 6.07) is 3.65. The number of nitrogens with one attached hydrogen (secondary N) is 1. The smallest absolute Gasteiger partial charge is 0.141 e. The van der Waals surface area contributed by atoms with E-state index in [1.54, 1.807) is 6.07 Å². The van der Waals surface area contributed by atoms with Crippen molar-refractivity contribution in [3.05, 3.63) is 39.0 Å². The minimum Gasteiger partial charge on any atom is -0.506 e. The lowest BCUT2D eigenvalue weighted by atomic mass is 10.0. The van der Waals surface area contributed by atoms with Crippen LogP contribution in [0.5, 0.6) is 5.75 Å². The van der Waals surface area contributed by atoms with Crippen LogP contribution in [-0.2, 0) is 19.4 Å². The Morgan fingerprint density at radius 3 is 2.84 bits per heavy atom. The van der Waals surface area contributed by atoms with Gasteiger partial charge in [-0.1, -0.05) is 23.2 Å². The predicted molar refractivity (Wildman–Crippen MR) is 77.0 cm³/mol. The molecule has 2 N–H and O–H groups in total. The van der Waals surface area contributed by atoms with E-state index in [1.807, 2.05) is 6.07 Å². The molecule has 4 rings (SSSR count). The highest BCUT2D eigenvalue weighted by atomic mass is 35.5. The van der Waals surface area contributed by atoms with Gasteiger partial charge in [-0.2, -0.15) is 0 Å². The summed E-state index contributed by atoms with van der Waals surface area (Å²) in [5, 5.41) is 14.9. The quantitative estimate of drug-likeness (QED) is 0.655. The maximum atomic E-state index is 10.2. The molecule has 5 heteroatoms. The molecule has 0 saturated carbocycles. The molecule has 1 aliphatic carbocycles. The summed E-state index contributed by atoms with van der Waals surface area (Å²) in [4.78, 5) is 0. The molecule has 1 aliphatic heterocycles. The molecular weight excluding hydrogens is 283 g/mol. The molecule has 0 amide bonds. The van der Waals surface area contributed by atoms with Gasteiger partial charge in [-0.05, 0) is 31.4 Å². The van der Waals surface area contributed by atoms with Gasteiger partial charge in [-0.25, -0.2) is 0 Å². The van der Waals surface area contributed by atoms with Crippen LogP contribution in [0.3, 0.4) is 0 Å². The number of rotatable bonds is 0. The Kier molecular flexibility index (Phi) is 2.32. The number of nitrogens with zero attached hydrogens (tertiary/aromatic N) is 1. The molecule has 0 atom stereocenters. The second-order valence-electron chi connectivity index (χ2n) is 5.10. The SMILES string of the molecule is Oc1c2c3n(c1CCC2)Cc1c(Cl)cc(Cl)cc1N3. The molecule has 2 aliphatic rings.